The summed E-state index contributed by atoms with van der Waals surface area (Å²) in [5.41, 5.74) is 9.82. The van der Waals surface area contributed by atoms with E-state index < -0.39 is 0 Å². The molecule has 2 aromatic heterocycles. The van der Waals surface area contributed by atoms with E-state index in [4.69, 9.17) is 9.98 Å². The molecule has 168 valence electrons. The first-order valence-electron chi connectivity index (χ1n) is 11.9. The highest BCUT2D eigenvalue weighted by atomic mass is 14.9. The zero-order valence-corrected chi connectivity index (χ0v) is 19.9. The summed E-state index contributed by atoms with van der Waals surface area (Å²) in [5.74, 6) is 1.81. The fourth-order valence-corrected chi connectivity index (χ4v) is 4.78. The van der Waals surface area contributed by atoms with Gasteiger partial charge in [-0.05, 0) is 39.6 Å². The van der Waals surface area contributed by atoms with Crippen molar-refractivity contribution in [1.82, 2.24) is 19.9 Å². The molecule has 6 rings (SSSR count). The Kier molecular flexibility index (Phi) is 4.80. The summed E-state index contributed by atoms with van der Waals surface area (Å²) in [6, 6.07) is 15.3. The second kappa shape index (κ2) is 7.87. The first-order valence-corrected chi connectivity index (χ1v) is 11.9. The Hall–Kier alpha value is -3.86. The number of fused-ring (bicyclic) bond motifs is 6. The van der Waals surface area contributed by atoms with Crippen molar-refractivity contribution < 1.29 is 0 Å². The van der Waals surface area contributed by atoms with E-state index in [1.54, 1.807) is 12.4 Å². The molecule has 0 atom stereocenters. The number of hydrogen-bond acceptors (Lipinski definition) is 4. The molecule has 1 aliphatic heterocycles. The highest BCUT2D eigenvalue weighted by Gasteiger charge is 2.24. The minimum absolute atomic E-state index is 0.381. The second-order valence-corrected chi connectivity index (χ2v) is 9.69. The van der Waals surface area contributed by atoms with E-state index in [1.165, 1.54) is 27.8 Å². The maximum Gasteiger partial charge on any atom is 0.115 e. The molecule has 0 radical (unpaired) electrons. The van der Waals surface area contributed by atoms with Crippen LogP contribution in [-0.4, -0.2) is 25.6 Å². The van der Waals surface area contributed by atoms with Gasteiger partial charge in [-0.15, -0.1) is 0 Å². The average Bonchev–Trinajstić information content (AvgIpc) is 3.53. The Balaban J connectivity index is 1.44. The van der Waals surface area contributed by atoms with E-state index >= 15 is 0 Å². The third-order valence-electron chi connectivity index (χ3n) is 6.76. The van der Waals surface area contributed by atoms with Gasteiger partial charge in [-0.2, -0.15) is 0 Å². The van der Waals surface area contributed by atoms with Crippen molar-refractivity contribution in [3.8, 4) is 22.4 Å². The molecule has 0 saturated carbocycles. The number of nitrogens with zero attached hydrogens (tertiary/aromatic N) is 4. The lowest BCUT2D eigenvalue weighted by Crippen LogP contribution is -2.06. The summed E-state index contributed by atoms with van der Waals surface area (Å²) < 4.78 is 0. The van der Waals surface area contributed by atoms with Gasteiger partial charge >= 0.3 is 0 Å². The van der Waals surface area contributed by atoms with E-state index in [0.29, 0.717) is 11.8 Å². The van der Waals surface area contributed by atoms with Crippen molar-refractivity contribution in [3.05, 3.63) is 72.4 Å². The second-order valence-electron chi connectivity index (χ2n) is 9.69. The van der Waals surface area contributed by atoms with Crippen LogP contribution in [0.25, 0.3) is 44.2 Å². The molecule has 5 heteroatoms. The Bertz CT molecular complexity index is 1570. The highest BCUT2D eigenvalue weighted by Crippen LogP contribution is 2.42. The van der Waals surface area contributed by atoms with Crippen LogP contribution in [0.3, 0.4) is 0 Å². The number of rotatable bonds is 4. The summed E-state index contributed by atoms with van der Waals surface area (Å²) in [6.07, 6.45) is 6.33. The quantitative estimate of drug-likeness (QED) is 0.296. The summed E-state index contributed by atoms with van der Waals surface area (Å²) in [5, 5.41) is 2.36. The zero-order chi connectivity index (χ0) is 23.4. The number of aromatic amines is 1. The van der Waals surface area contributed by atoms with Crippen LogP contribution in [-0.2, 0) is 6.42 Å². The Labute approximate surface area is 199 Å². The van der Waals surface area contributed by atoms with Gasteiger partial charge in [-0.3, -0.25) is 15.0 Å². The first-order chi connectivity index (χ1) is 16.5. The molecule has 0 saturated heterocycles. The van der Waals surface area contributed by atoms with E-state index in [1.807, 2.05) is 6.20 Å². The monoisotopic (exact) mass is 445 g/mol. The molecule has 0 spiro atoms. The lowest BCUT2D eigenvalue weighted by molar-refractivity contribution is 0.795. The normalized spacial score (nSPS) is 13.3. The summed E-state index contributed by atoms with van der Waals surface area (Å²) in [7, 11) is 0. The van der Waals surface area contributed by atoms with E-state index in [-0.39, 0.29) is 0 Å². The topological polar surface area (TPSA) is 66.8 Å². The van der Waals surface area contributed by atoms with Gasteiger partial charge in [0, 0.05) is 35.8 Å². The van der Waals surface area contributed by atoms with Crippen molar-refractivity contribution in [2.75, 3.05) is 0 Å². The smallest absolute Gasteiger partial charge is 0.115 e. The third-order valence-corrected chi connectivity index (χ3v) is 6.76. The van der Waals surface area contributed by atoms with E-state index in [9.17, 15) is 0 Å². The maximum atomic E-state index is 4.97. The van der Waals surface area contributed by atoms with Gasteiger partial charge in [0.2, 0.25) is 0 Å². The molecule has 3 aromatic carbocycles. The Morgan fingerprint density at radius 1 is 0.735 bits per heavy atom. The third kappa shape index (κ3) is 3.31. The number of nitrogens with one attached hydrogen (secondary N) is 1. The highest BCUT2D eigenvalue weighted by molar-refractivity contribution is 6.16. The van der Waals surface area contributed by atoms with Crippen molar-refractivity contribution >= 4 is 33.2 Å². The molecule has 5 nitrogen and oxygen atoms in total. The SMILES string of the molecule is CC(C)C1=Nc2c(c3ccc(-c4ccc(-c5cnc(C(C)C)[nH]5)cc4)cc3c3nccnc23)C1. The van der Waals surface area contributed by atoms with Gasteiger partial charge in [-0.25, -0.2) is 4.98 Å². The van der Waals surface area contributed by atoms with E-state index in [2.05, 4.69) is 85.1 Å². The molecule has 0 unspecified atom stereocenters. The van der Waals surface area contributed by atoms with Crippen LogP contribution in [0.4, 0.5) is 5.69 Å². The standard InChI is InChI=1S/C29H27N5/c1-16(2)24-14-23-21-10-9-20(13-22(21)26-28(27(23)33-24)31-12-11-30-26)18-5-7-19(8-6-18)25-15-32-29(34-25)17(3)4/h5-13,15-17H,14H2,1-4H3,(H,32,34). The number of H-pyrrole nitrogens is 1. The molecule has 1 aliphatic rings. The average molecular weight is 446 g/mol. The fourth-order valence-electron chi connectivity index (χ4n) is 4.78. The van der Waals surface area contributed by atoms with Crippen molar-refractivity contribution in [1.29, 1.82) is 0 Å². The van der Waals surface area contributed by atoms with Crippen molar-refractivity contribution in [2.45, 2.75) is 40.0 Å². The van der Waals surface area contributed by atoms with Crippen molar-refractivity contribution in [2.24, 2.45) is 10.9 Å². The van der Waals surface area contributed by atoms with Crippen LogP contribution in [0.5, 0.6) is 0 Å². The maximum absolute atomic E-state index is 4.97. The minimum atomic E-state index is 0.381. The molecule has 0 amide bonds. The van der Waals surface area contributed by atoms with Crippen LogP contribution >= 0.6 is 0 Å². The van der Waals surface area contributed by atoms with Gasteiger partial charge in [0.15, 0.2) is 0 Å². The zero-order valence-electron chi connectivity index (χ0n) is 19.9. The fraction of sp³-hybridized carbons (Fsp3) is 0.241. The molecule has 3 heterocycles. The van der Waals surface area contributed by atoms with Crippen LogP contribution in [0.1, 0.15) is 45.0 Å². The number of aliphatic imine (C=N–C) groups is 1. The molecule has 0 aliphatic carbocycles. The van der Waals surface area contributed by atoms with Crippen LogP contribution in [0, 0.1) is 5.92 Å². The molecular weight excluding hydrogens is 418 g/mol. The first kappa shape index (κ1) is 20.7. The molecule has 34 heavy (non-hydrogen) atoms. The summed E-state index contributed by atoms with van der Waals surface area (Å²) in [4.78, 5) is 22.3. The van der Waals surface area contributed by atoms with Gasteiger partial charge in [0.05, 0.1) is 23.1 Å². The van der Waals surface area contributed by atoms with Gasteiger partial charge in [0.1, 0.15) is 11.3 Å². The van der Waals surface area contributed by atoms with Gasteiger partial charge < -0.3 is 4.98 Å². The lowest BCUT2D eigenvalue weighted by Gasteiger charge is -2.11. The van der Waals surface area contributed by atoms with Crippen LogP contribution in [0.2, 0.25) is 0 Å². The van der Waals surface area contributed by atoms with Gasteiger partial charge in [-0.1, -0.05) is 64.1 Å². The summed E-state index contributed by atoms with van der Waals surface area (Å²) in [6.45, 7) is 8.69. The summed E-state index contributed by atoms with van der Waals surface area (Å²) >= 11 is 0. The number of hydrogen-bond donors (Lipinski definition) is 1. The van der Waals surface area contributed by atoms with Crippen LogP contribution in [0.15, 0.2) is 66.0 Å². The molecule has 5 aromatic rings. The predicted molar refractivity (Wildman–Crippen MR) is 140 cm³/mol. The van der Waals surface area contributed by atoms with Crippen LogP contribution < -0.4 is 0 Å². The molecular formula is C29H27N5. The molecule has 0 fully saturated rings. The predicted octanol–water partition coefficient (Wildman–Crippen LogP) is 7.25. The largest absolute Gasteiger partial charge is 0.342 e. The number of benzene rings is 3. The number of imidazole rings is 1. The molecule has 0 bridgehead atoms. The molecule has 1 N–H and O–H groups in total. The van der Waals surface area contributed by atoms with Crippen molar-refractivity contribution in [3.63, 3.8) is 0 Å². The lowest BCUT2D eigenvalue weighted by atomic mass is 9.93. The van der Waals surface area contributed by atoms with Gasteiger partial charge in [0.25, 0.3) is 0 Å². The Morgan fingerprint density at radius 3 is 2.15 bits per heavy atom. The number of aromatic nitrogens is 4. The Morgan fingerprint density at radius 2 is 1.44 bits per heavy atom. The van der Waals surface area contributed by atoms with E-state index in [0.717, 1.165) is 45.6 Å². The minimum Gasteiger partial charge on any atom is -0.342 e.